The van der Waals surface area contributed by atoms with Gasteiger partial charge in [0, 0.05) is 35.9 Å². The molecule has 0 radical (unpaired) electrons. The van der Waals surface area contributed by atoms with E-state index >= 15 is 0 Å². The molecule has 38 heavy (non-hydrogen) atoms. The molecular weight excluding hydrogens is 498 g/mol. The Hall–Kier alpha value is -3.00. The normalized spacial score (nSPS) is 22.4. The first-order valence-electron chi connectivity index (χ1n) is 14.0. The minimum absolute atomic E-state index is 0.00461. The molecule has 3 atom stereocenters. The molecule has 1 aromatic heterocycles. The predicted octanol–water partition coefficient (Wildman–Crippen LogP) is 4.52. The van der Waals surface area contributed by atoms with Crippen molar-refractivity contribution in [2.75, 3.05) is 19.6 Å². The maximum atomic E-state index is 13.2. The van der Waals surface area contributed by atoms with Gasteiger partial charge in [-0.25, -0.2) is 0 Å². The lowest BCUT2D eigenvalue weighted by Crippen LogP contribution is -2.45. The van der Waals surface area contributed by atoms with E-state index in [1.165, 1.54) is 11.3 Å². The second-order valence-electron chi connectivity index (χ2n) is 11.1. The molecule has 8 heteroatoms. The maximum Gasteiger partial charge on any atom is 0.251 e. The minimum atomic E-state index is -0.487. The Labute approximate surface area is 228 Å². The fourth-order valence-electron chi connectivity index (χ4n) is 6.25. The van der Waals surface area contributed by atoms with E-state index in [-0.39, 0.29) is 47.9 Å². The Bertz CT molecular complexity index is 1160. The van der Waals surface area contributed by atoms with Crippen LogP contribution in [-0.4, -0.2) is 65.0 Å². The second kappa shape index (κ2) is 11.8. The van der Waals surface area contributed by atoms with Crippen LogP contribution in [0.25, 0.3) is 10.4 Å². The molecule has 1 aromatic carbocycles. The molecule has 7 nitrogen and oxygen atoms in total. The first-order chi connectivity index (χ1) is 18.4. The quantitative estimate of drug-likeness (QED) is 0.538. The van der Waals surface area contributed by atoms with Crippen molar-refractivity contribution in [2.24, 2.45) is 11.8 Å². The summed E-state index contributed by atoms with van der Waals surface area (Å²) in [5.41, 5.74) is 1.71. The smallest absolute Gasteiger partial charge is 0.251 e. The lowest BCUT2D eigenvalue weighted by Gasteiger charge is -2.29. The van der Waals surface area contributed by atoms with Crippen molar-refractivity contribution in [3.8, 4) is 10.4 Å². The predicted molar refractivity (Wildman–Crippen MR) is 148 cm³/mol. The van der Waals surface area contributed by atoms with Gasteiger partial charge in [0.25, 0.3) is 5.91 Å². The number of Topliss-reactive ketones (excluding diaryl/α,β-unsaturated/α-hetero) is 1. The van der Waals surface area contributed by atoms with Gasteiger partial charge in [-0.15, -0.1) is 11.3 Å². The molecule has 5 rings (SSSR count). The van der Waals surface area contributed by atoms with Crippen LogP contribution in [0, 0.1) is 11.8 Å². The standard InChI is InChI=1S/C30H37N3O4S/c1-20(13-15-31-29(36)22-11-9-21(10-12-22)26-8-5-17-38-26)18-27(35)32-16-14-24-28(32)25(34)19-33(24)30(37)23-6-3-2-4-7-23/h5,8-12,17,20,23-24,28H,2-4,6-7,13-16,18-19H2,1H3,(H,31,36). The highest BCUT2D eigenvalue weighted by Crippen LogP contribution is 2.34. The molecule has 3 heterocycles. The zero-order valence-electron chi connectivity index (χ0n) is 22.1. The SMILES string of the molecule is CC(CCNC(=O)c1ccc(-c2cccs2)cc1)CC(=O)N1CCC2C1C(=O)CN2C(=O)C1CCCCC1. The molecule has 3 aliphatic rings. The molecule has 0 spiro atoms. The van der Waals surface area contributed by atoms with Crippen LogP contribution in [0.5, 0.6) is 0 Å². The largest absolute Gasteiger partial charge is 0.352 e. The summed E-state index contributed by atoms with van der Waals surface area (Å²) >= 11 is 1.67. The summed E-state index contributed by atoms with van der Waals surface area (Å²) < 4.78 is 0. The number of hydrogen-bond acceptors (Lipinski definition) is 5. The molecule has 3 unspecified atom stereocenters. The van der Waals surface area contributed by atoms with E-state index in [1.807, 2.05) is 42.6 Å². The number of thiophene rings is 1. The number of ketones is 1. The third-order valence-electron chi connectivity index (χ3n) is 8.38. The highest BCUT2D eigenvalue weighted by Gasteiger charge is 2.51. The molecular formula is C30H37N3O4S. The average Bonchev–Trinajstić information content (AvgIpc) is 3.68. The summed E-state index contributed by atoms with van der Waals surface area (Å²) in [5.74, 6) is 0.0672. The van der Waals surface area contributed by atoms with Gasteiger partial charge in [0.05, 0.1) is 12.6 Å². The minimum Gasteiger partial charge on any atom is -0.352 e. The molecule has 3 amide bonds. The van der Waals surface area contributed by atoms with E-state index in [2.05, 4.69) is 11.4 Å². The molecule has 2 saturated heterocycles. The fourth-order valence-corrected chi connectivity index (χ4v) is 6.99. The molecule has 202 valence electrons. The van der Waals surface area contributed by atoms with Crippen molar-refractivity contribution in [2.45, 2.75) is 70.4 Å². The zero-order valence-corrected chi connectivity index (χ0v) is 22.9. The van der Waals surface area contributed by atoms with Crippen molar-refractivity contribution in [3.63, 3.8) is 0 Å². The van der Waals surface area contributed by atoms with E-state index in [4.69, 9.17) is 0 Å². The van der Waals surface area contributed by atoms with Crippen LogP contribution in [0.1, 0.15) is 68.6 Å². The Morgan fingerprint density at radius 3 is 2.50 bits per heavy atom. The first kappa shape index (κ1) is 26.6. The number of carbonyl (C=O) groups excluding carboxylic acids is 4. The number of fused-ring (bicyclic) bond motifs is 1. The van der Waals surface area contributed by atoms with Gasteiger partial charge in [-0.05, 0) is 60.7 Å². The van der Waals surface area contributed by atoms with Crippen LogP contribution in [0.3, 0.4) is 0 Å². The highest BCUT2D eigenvalue weighted by molar-refractivity contribution is 7.13. The van der Waals surface area contributed by atoms with Crippen molar-refractivity contribution < 1.29 is 19.2 Å². The van der Waals surface area contributed by atoms with Crippen molar-refractivity contribution in [3.05, 3.63) is 47.3 Å². The summed E-state index contributed by atoms with van der Waals surface area (Å²) in [6.07, 6.45) is 6.86. The summed E-state index contributed by atoms with van der Waals surface area (Å²) in [5, 5.41) is 4.99. The van der Waals surface area contributed by atoms with E-state index < -0.39 is 6.04 Å². The highest BCUT2D eigenvalue weighted by atomic mass is 32.1. The molecule has 3 fully saturated rings. The van der Waals surface area contributed by atoms with Gasteiger partial charge in [-0.1, -0.05) is 44.4 Å². The number of carbonyl (C=O) groups is 4. The molecule has 1 saturated carbocycles. The Morgan fingerprint density at radius 2 is 1.79 bits per heavy atom. The van der Waals surface area contributed by atoms with Gasteiger partial charge < -0.3 is 15.1 Å². The summed E-state index contributed by atoms with van der Waals surface area (Å²) in [7, 11) is 0. The Balaban J connectivity index is 1.08. The third-order valence-corrected chi connectivity index (χ3v) is 9.30. The van der Waals surface area contributed by atoms with Gasteiger partial charge in [0.1, 0.15) is 6.04 Å². The second-order valence-corrected chi connectivity index (χ2v) is 12.0. The average molecular weight is 536 g/mol. The molecule has 1 aliphatic carbocycles. The van der Waals surface area contributed by atoms with Gasteiger partial charge in [0.15, 0.2) is 5.78 Å². The summed E-state index contributed by atoms with van der Waals surface area (Å²) in [4.78, 5) is 56.4. The monoisotopic (exact) mass is 535 g/mol. The van der Waals surface area contributed by atoms with Crippen LogP contribution in [0.2, 0.25) is 0 Å². The lowest BCUT2D eigenvalue weighted by molar-refractivity contribution is -0.138. The van der Waals surface area contributed by atoms with Crippen LogP contribution in [-0.2, 0) is 14.4 Å². The van der Waals surface area contributed by atoms with Crippen LogP contribution in [0.4, 0.5) is 0 Å². The van der Waals surface area contributed by atoms with Crippen molar-refractivity contribution >= 4 is 34.8 Å². The first-order valence-corrected chi connectivity index (χ1v) is 14.8. The van der Waals surface area contributed by atoms with Gasteiger partial charge in [-0.3, -0.25) is 19.2 Å². The zero-order chi connectivity index (χ0) is 26.6. The number of amides is 3. The van der Waals surface area contributed by atoms with Crippen LogP contribution in [0.15, 0.2) is 41.8 Å². The summed E-state index contributed by atoms with van der Waals surface area (Å²) in [6.45, 7) is 3.15. The number of benzene rings is 1. The van der Waals surface area contributed by atoms with Gasteiger partial charge in [-0.2, -0.15) is 0 Å². The van der Waals surface area contributed by atoms with Crippen LogP contribution >= 0.6 is 11.3 Å². The maximum absolute atomic E-state index is 13.2. The van der Waals surface area contributed by atoms with E-state index in [1.54, 1.807) is 21.1 Å². The topological polar surface area (TPSA) is 86.8 Å². The van der Waals surface area contributed by atoms with Gasteiger partial charge in [0.2, 0.25) is 11.8 Å². The number of likely N-dealkylation sites (tertiary alicyclic amines) is 2. The fraction of sp³-hybridized carbons (Fsp3) is 0.533. The molecule has 0 bridgehead atoms. The van der Waals surface area contributed by atoms with Gasteiger partial charge >= 0.3 is 0 Å². The number of nitrogens with one attached hydrogen (secondary N) is 1. The molecule has 2 aliphatic heterocycles. The number of hydrogen-bond donors (Lipinski definition) is 1. The van der Waals surface area contributed by atoms with Crippen molar-refractivity contribution in [1.29, 1.82) is 0 Å². The van der Waals surface area contributed by atoms with Crippen LogP contribution < -0.4 is 5.32 Å². The third kappa shape index (κ3) is 5.70. The number of nitrogens with zero attached hydrogens (tertiary/aromatic N) is 2. The Morgan fingerprint density at radius 1 is 1.03 bits per heavy atom. The molecule has 2 aromatic rings. The van der Waals surface area contributed by atoms with E-state index in [0.29, 0.717) is 37.9 Å². The van der Waals surface area contributed by atoms with Crippen molar-refractivity contribution in [1.82, 2.24) is 15.1 Å². The lowest BCUT2D eigenvalue weighted by atomic mass is 9.88. The Kier molecular flexibility index (Phi) is 8.27. The number of rotatable bonds is 8. The van der Waals surface area contributed by atoms with E-state index in [0.717, 1.165) is 31.2 Å². The van der Waals surface area contributed by atoms with E-state index in [9.17, 15) is 19.2 Å². The molecule has 1 N–H and O–H groups in total. The summed E-state index contributed by atoms with van der Waals surface area (Å²) in [6, 6.07) is 11.0.